The number of methoxy groups -OCH3 is 1. The zero-order valence-electron chi connectivity index (χ0n) is 15.5. The SMILES string of the molecule is COc1c(C)cnc(CN2c3nc(N)nc(Cl)c3CC(=O)[C@@H]2CCO)c1C. The van der Waals surface area contributed by atoms with Crippen LogP contribution in [0.15, 0.2) is 6.20 Å². The molecule has 3 rings (SSSR count). The van der Waals surface area contributed by atoms with Crippen LogP contribution in [0.1, 0.15) is 28.8 Å². The summed E-state index contributed by atoms with van der Waals surface area (Å²) < 4.78 is 5.48. The number of nitrogens with two attached hydrogens (primary N) is 1. The van der Waals surface area contributed by atoms with Crippen LogP contribution in [0.3, 0.4) is 0 Å². The standard InChI is InChI=1S/C18H22ClN5O3/c1-9-7-21-12(10(2)15(9)27-3)8-24-13(4-5-25)14(26)6-11-16(19)22-18(20)23-17(11)24/h7,13,25H,4-6,8H2,1-3H3,(H2,20,22,23)/t13-/m0/s1. The van der Waals surface area contributed by atoms with Crippen molar-refractivity contribution in [2.24, 2.45) is 0 Å². The van der Waals surface area contributed by atoms with Gasteiger partial charge in [-0.3, -0.25) is 9.78 Å². The summed E-state index contributed by atoms with van der Waals surface area (Å²) in [6.07, 6.45) is 2.12. The number of nitrogen functional groups attached to an aromatic ring is 1. The van der Waals surface area contributed by atoms with Gasteiger partial charge in [0.15, 0.2) is 5.78 Å². The molecule has 0 fully saturated rings. The van der Waals surface area contributed by atoms with Crippen LogP contribution in [-0.4, -0.2) is 45.6 Å². The molecule has 1 atom stereocenters. The summed E-state index contributed by atoms with van der Waals surface area (Å²) in [5, 5.41) is 9.62. The second-order valence-corrected chi connectivity index (χ2v) is 6.88. The zero-order valence-corrected chi connectivity index (χ0v) is 16.2. The Morgan fingerprint density at radius 1 is 1.41 bits per heavy atom. The third-order valence-corrected chi connectivity index (χ3v) is 5.11. The van der Waals surface area contributed by atoms with E-state index in [1.54, 1.807) is 18.2 Å². The van der Waals surface area contributed by atoms with Crippen molar-refractivity contribution in [2.45, 2.75) is 39.3 Å². The molecule has 0 spiro atoms. The Labute approximate surface area is 162 Å². The number of rotatable bonds is 5. The van der Waals surface area contributed by atoms with E-state index in [1.165, 1.54) is 0 Å². The van der Waals surface area contributed by atoms with Crippen LogP contribution in [0.25, 0.3) is 0 Å². The number of ether oxygens (including phenoxy) is 1. The first-order valence-electron chi connectivity index (χ1n) is 8.58. The molecule has 0 amide bonds. The van der Waals surface area contributed by atoms with Crippen molar-refractivity contribution in [1.29, 1.82) is 0 Å². The molecule has 2 aromatic rings. The largest absolute Gasteiger partial charge is 0.496 e. The Hall–Kier alpha value is -2.45. The minimum atomic E-state index is -0.540. The molecule has 3 heterocycles. The summed E-state index contributed by atoms with van der Waals surface area (Å²) in [4.78, 5) is 27.3. The lowest BCUT2D eigenvalue weighted by atomic mass is 9.95. The first-order valence-corrected chi connectivity index (χ1v) is 8.96. The highest BCUT2D eigenvalue weighted by Gasteiger charge is 2.36. The molecule has 1 aliphatic rings. The monoisotopic (exact) mass is 391 g/mol. The van der Waals surface area contributed by atoms with Crippen molar-refractivity contribution in [3.05, 3.63) is 33.7 Å². The molecular weight excluding hydrogens is 370 g/mol. The van der Waals surface area contributed by atoms with Crippen LogP contribution in [0, 0.1) is 13.8 Å². The quantitative estimate of drug-likeness (QED) is 0.739. The van der Waals surface area contributed by atoms with Gasteiger partial charge in [-0.1, -0.05) is 11.6 Å². The summed E-state index contributed by atoms with van der Waals surface area (Å²) in [5.41, 5.74) is 8.88. The maximum Gasteiger partial charge on any atom is 0.223 e. The van der Waals surface area contributed by atoms with E-state index in [1.807, 2.05) is 13.8 Å². The molecule has 1 aliphatic heterocycles. The van der Waals surface area contributed by atoms with Gasteiger partial charge in [-0.25, -0.2) is 4.98 Å². The van der Waals surface area contributed by atoms with Gasteiger partial charge in [0, 0.05) is 35.9 Å². The van der Waals surface area contributed by atoms with Gasteiger partial charge >= 0.3 is 0 Å². The smallest absolute Gasteiger partial charge is 0.223 e. The van der Waals surface area contributed by atoms with Gasteiger partial charge in [0.05, 0.1) is 25.4 Å². The lowest BCUT2D eigenvalue weighted by Gasteiger charge is -2.37. The highest BCUT2D eigenvalue weighted by molar-refractivity contribution is 6.31. The van der Waals surface area contributed by atoms with Gasteiger partial charge in [0.25, 0.3) is 0 Å². The van der Waals surface area contributed by atoms with Gasteiger partial charge in [-0.15, -0.1) is 0 Å². The molecule has 0 saturated heterocycles. The fourth-order valence-electron chi connectivity index (χ4n) is 3.48. The summed E-state index contributed by atoms with van der Waals surface area (Å²) in [6.45, 7) is 4.02. The predicted octanol–water partition coefficient (Wildman–Crippen LogP) is 1.62. The van der Waals surface area contributed by atoms with Gasteiger partial charge < -0.3 is 20.5 Å². The minimum Gasteiger partial charge on any atom is -0.496 e. The molecule has 0 aliphatic carbocycles. The predicted molar refractivity (Wildman–Crippen MR) is 102 cm³/mol. The van der Waals surface area contributed by atoms with Crippen molar-refractivity contribution in [3.8, 4) is 5.75 Å². The van der Waals surface area contributed by atoms with Crippen LogP contribution in [0.5, 0.6) is 5.75 Å². The summed E-state index contributed by atoms with van der Waals surface area (Å²) in [5.74, 6) is 1.24. The second-order valence-electron chi connectivity index (χ2n) is 6.52. The molecule has 0 radical (unpaired) electrons. The first kappa shape index (κ1) is 19.3. The number of carbonyl (C=O) groups is 1. The van der Waals surface area contributed by atoms with Crippen molar-refractivity contribution < 1.29 is 14.6 Å². The van der Waals surface area contributed by atoms with E-state index in [9.17, 15) is 9.90 Å². The number of halogens is 1. The van der Waals surface area contributed by atoms with Crippen LogP contribution < -0.4 is 15.4 Å². The number of Topliss-reactive ketones (excluding diaryl/α,β-unsaturated/α-hetero) is 1. The van der Waals surface area contributed by atoms with E-state index < -0.39 is 6.04 Å². The molecule has 27 heavy (non-hydrogen) atoms. The number of aliphatic hydroxyl groups is 1. The molecule has 0 unspecified atom stereocenters. The van der Waals surface area contributed by atoms with E-state index in [2.05, 4.69) is 15.0 Å². The lowest BCUT2D eigenvalue weighted by Crippen LogP contribution is -2.47. The molecule has 8 nitrogen and oxygen atoms in total. The molecule has 0 aromatic carbocycles. The van der Waals surface area contributed by atoms with Crippen LogP contribution in [-0.2, 0) is 17.8 Å². The Morgan fingerprint density at radius 3 is 2.81 bits per heavy atom. The van der Waals surface area contributed by atoms with E-state index in [4.69, 9.17) is 22.1 Å². The molecule has 9 heteroatoms. The fraction of sp³-hybridized carbons (Fsp3) is 0.444. The third kappa shape index (κ3) is 3.54. The molecule has 3 N–H and O–H groups in total. The van der Waals surface area contributed by atoms with Gasteiger partial charge in [0.1, 0.15) is 16.7 Å². The van der Waals surface area contributed by atoms with E-state index in [0.717, 1.165) is 22.6 Å². The van der Waals surface area contributed by atoms with Gasteiger partial charge in [-0.2, -0.15) is 4.98 Å². The summed E-state index contributed by atoms with van der Waals surface area (Å²) >= 11 is 6.21. The number of aromatic nitrogens is 3. The molecular formula is C18H22ClN5O3. The normalized spacial score (nSPS) is 16.4. The van der Waals surface area contributed by atoms with E-state index in [-0.39, 0.29) is 36.3 Å². The molecule has 144 valence electrons. The van der Waals surface area contributed by atoms with E-state index in [0.29, 0.717) is 17.9 Å². The fourth-order valence-corrected chi connectivity index (χ4v) is 3.72. The minimum absolute atomic E-state index is 0.0343. The number of pyridine rings is 1. The number of hydrogen-bond acceptors (Lipinski definition) is 8. The Bertz CT molecular complexity index is 890. The highest BCUT2D eigenvalue weighted by atomic mass is 35.5. The Balaban J connectivity index is 2.10. The van der Waals surface area contributed by atoms with E-state index >= 15 is 0 Å². The number of hydrogen-bond donors (Lipinski definition) is 2. The topological polar surface area (TPSA) is 114 Å². The van der Waals surface area contributed by atoms with Crippen LogP contribution in [0.2, 0.25) is 5.15 Å². The second kappa shape index (κ2) is 7.66. The molecule has 0 saturated carbocycles. The van der Waals surface area contributed by atoms with Crippen molar-refractivity contribution in [2.75, 3.05) is 24.4 Å². The number of aryl methyl sites for hydroxylation is 1. The molecule has 2 aromatic heterocycles. The maximum atomic E-state index is 12.7. The zero-order chi connectivity index (χ0) is 19.7. The summed E-state index contributed by atoms with van der Waals surface area (Å²) in [6, 6.07) is -0.540. The van der Waals surface area contributed by atoms with Crippen LogP contribution in [0.4, 0.5) is 11.8 Å². The number of aliphatic hydroxyl groups excluding tert-OH is 1. The number of fused-ring (bicyclic) bond motifs is 1. The lowest BCUT2D eigenvalue weighted by molar-refractivity contribution is -0.120. The number of ketones is 1. The first-order chi connectivity index (χ1) is 12.9. The maximum absolute atomic E-state index is 12.7. The number of nitrogens with zero attached hydrogens (tertiary/aromatic N) is 4. The third-order valence-electron chi connectivity index (χ3n) is 4.80. The van der Waals surface area contributed by atoms with Crippen molar-refractivity contribution in [3.63, 3.8) is 0 Å². The molecule has 0 bridgehead atoms. The van der Waals surface area contributed by atoms with Gasteiger partial charge in [0.2, 0.25) is 5.95 Å². The number of carbonyl (C=O) groups excluding carboxylic acids is 1. The average molecular weight is 392 g/mol. The summed E-state index contributed by atoms with van der Waals surface area (Å²) in [7, 11) is 1.61. The average Bonchev–Trinajstić information content (AvgIpc) is 2.61. The highest BCUT2D eigenvalue weighted by Crippen LogP contribution is 2.35. The van der Waals surface area contributed by atoms with Crippen molar-refractivity contribution >= 4 is 29.2 Å². The van der Waals surface area contributed by atoms with Crippen LogP contribution >= 0.6 is 11.6 Å². The number of anilines is 2. The Kier molecular flexibility index (Phi) is 5.48. The van der Waals surface area contributed by atoms with Crippen molar-refractivity contribution in [1.82, 2.24) is 15.0 Å². The Morgan fingerprint density at radius 2 is 2.15 bits per heavy atom. The van der Waals surface area contributed by atoms with Gasteiger partial charge in [-0.05, 0) is 20.3 Å².